The molecule has 0 saturated heterocycles. The number of hydrogen-bond acceptors (Lipinski definition) is 4. The number of sulfonamides is 1. The average molecular weight is 508 g/mol. The summed E-state index contributed by atoms with van der Waals surface area (Å²) in [4.78, 5) is 27.6. The summed E-state index contributed by atoms with van der Waals surface area (Å²) in [6.07, 6.45) is 1.06. The molecular weight excluding hydrogens is 474 g/mol. The number of nitrogens with zero attached hydrogens (tertiary/aromatic N) is 2. The van der Waals surface area contributed by atoms with Crippen LogP contribution in [0.2, 0.25) is 5.02 Å². The summed E-state index contributed by atoms with van der Waals surface area (Å²) in [5.74, 6) is -0.529. The third kappa shape index (κ3) is 7.74. The van der Waals surface area contributed by atoms with Crippen molar-refractivity contribution in [3.63, 3.8) is 0 Å². The molecular formula is C25H34ClN3O4S. The van der Waals surface area contributed by atoms with Crippen molar-refractivity contribution >= 4 is 39.1 Å². The zero-order valence-electron chi connectivity index (χ0n) is 20.6. The highest BCUT2D eigenvalue weighted by Crippen LogP contribution is 2.23. The molecule has 0 radical (unpaired) electrons. The maximum atomic E-state index is 13.5. The number of carbonyl (C=O) groups is 2. The van der Waals surface area contributed by atoms with Crippen LogP contribution in [-0.4, -0.2) is 50.0 Å². The van der Waals surface area contributed by atoms with E-state index in [1.165, 1.54) is 4.90 Å². The van der Waals surface area contributed by atoms with Crippen LogP contribution in [0.25, 0.3) is 0 Å². The fourth-order valence-electron chi connectivity index (χ4n) is 3.46. The van der Waals surface area contributed by atoms with Gasteiger partial charge in [-0.2, -0.15) is 0 Å². The smallest absolute Gasteiger partial charge is 0.244 e. The van der Waals surface area contributed by atoms with E-state index >= 15 is 0 Å². The summed E-state index contributed by atoms with van der Waals surface area (Å²) in [5, 5.41) is 3.32. The van der Waals surface area contributed by atoms with Crippen molar-refractivity contribution in [2.45, 2.75) is 59.2 Å². The molecule has 0 spiro atoms. The molecule has 0 saturated carbocycles. The van der Waals surface area contributed by atoms with E-state index in [-0.39, 0.29) is 24.4 Å². The van der Waals surface area contributed by atoms with E-state index in [4.69, 9.17) is 11.6 Å². The lowest BCUT2D eigenvalue weighted by molar-refractivity contribution is -0.139. The predicted molar refractivity (Wildman–Crippen MR) is 137 cm³/mol. The van der Waals surface area contributed by atoms with Gasteiger partial charge in [0.2, 0.25) is 21.8 Å². The molecule has 0 aromatic heterocycles. The normalized spacial score (nSPS) is 12.5. The number of anilines is 1. The second kappa shape index (κ2) is 11.7. The molecule has 1 N–H and O–H groups in total. The van der Waals surface area contributed by atoms with E-state index in [1.54, 1.807) is 43.3 Å². The van der Waals surface area contributed by atoms with Crippen LogP contribution in [0, 0.1) is 0 Å². The molecule has 0 bridgehead atoms. The standard InChI is InChI=1S/C25H34ClN3O4S/c1-17(2)21-10-12-23(13-11-21)29(34(6,32)33)16-24(30)28(19(5)25(31)27-18(3)4)15-20-8-7-9-22(26)14-20/h7-14,17-19H,15-16H2,1-6H3,(H,27,31)/t19-/m0/s1. The molecule has 2 amide bonds. The summed E-state index contributed by atoms with van der Waals surface area (Å²) in [5.41, 5.74) is 2.18. The molecule has 2 aromatic rings. The van der Waals surface area contributed by atoms with E-state index in [2.05, 4.69) is 5.32 Å². The predicted octanol–water partition coefficient (Wildman–Crippen LogP) is 4.17. The lowest BCUT2D eigenvalue weighted by atomic mass is 10.0. The summed E-state index contributed by atoms with van der Waals surface area (Å²) >= 11 is 6.11. The maximum Gasteiger partial charge on any atom is 0.244 e. The minimum absolute atomic E-state index is 0.106. The number of hydrogen-bond donors (Lipinski definition) is 1. The molecule has 0 unspecified atom stereocenters. The number of rotatable bonds is 10. The van der Waals surface area contributed by atoms with Gasteiger partial charge in [0.15, 0.2) is 0 Å². The Morgan fingerprint density at radius 2 is 1.62 bits per heavy atom. The van der Waals surface area contributed by atoms with Crippen LogP contribution in [0.4, 0.5) is 5.69 Å². The Hall–Kier alpha value is -2.58. The van der Waals surface area contributed by atoms with Gasteiger partial charge in [0, 0.05) is 17.6 Å². The molecule has 186 valence electrons. The fraction of sp³-hybridized carbons (Fsp3) is 0.440. The maximum absolute atomic E-state index is 13.5. The Bertz CT molecular complexity index is 1100. The van der Waals surface area contributed by atoms with Crippen molar-refractivity contribution < 1.29 is 18.0 Å². The molecule has 0 aliphatic rings. The molecule has 0 aliphatic carbocycles. The van der Waals surface area contributed by atoms with Crippen molar-refractivity contribution in [3.05, 3.63) is 64.7 Å². The van der Waals surface area contributed by atoms with Crippen molar-refractivity contribution in [2.24, 2.45) is 0 Å². The van der Waals surface area contributed by atoms with Crippen LogP contribution in [0.5, 0.6) is 0 Å². The number of halogens is 1. The Balaban J connectivity index is 2.38. The highest BCUT2D eigenvalue weighted by molar-refractivity contribution is 7.92. The Morgan fingerprint density at radius 1 is 1.00 bits per heavy atom. The molecule has 7 nitrogen and oxygen atoms in total. The van der Waals surface area contributed by atoms with Crippen LogP contribution in [-0.2, 0) is 26.2 Å². The summed E-state index contributed by atoms with van der Waals surface area (Å²) < 4.78 is 26.3. The largest absolute Gasteiger partial charge is 0.352 e. The third-order valence-electron chi connectivity index (χ3n) is 5.37. The Kier molecular flexibility index (Phi) is 9.53. The van der Waals surface area contributed by atoms with Gasteiger partial charge in [-0.05, 0) is 62.1 Å². The quantitative estimate of drug-likeness (QED) is 0.523. The average Bonchev–Trinajstić information content (AvgIpc) is 2.74. The van der Waals surface area contributed by atoms with Crippen molar-refractivity contribution in [2.75, 3.05) is 17.1 Å². The van der Waals surface area contributed by atoms with Crippen molar-refractivity contribution in [1.29, 1.82) is 0 Å². The summed E-state index contributed by atoms with van der Waals surface area (Å²) in [7, 11) is -3.76. The monoisotopic (exact) mass is 507 g/mol. The highest BCUT2D eigenvalue weighted by Gasteiger charge is 2.30. The Labute approximate surface area is 208 Å². The van der Waals surface area contributed by atoms with Gasteiger partial charge in [-0.1, -0.05) is 49.7 Å². The van der Waals surface area contributed by atoms with E-state index in [1.807, 2.05) is 39.8 Å². The van der Waals surface area contributed by atoms with Gasteiger partial charge in [-0.3, -0.25) is 13.9 Å². The third-order valence-corrected chi connectivity index (χ3v) is 6.74. The van der Waals surface area contributed by atoms with Gasteiger partial charge >= 0.3 is 0 Å². The topological polar surface area (TPSA) is 86.8 Å². The molecule has 34 heavy (non-hydrogen) atoms. The van der Waals surface area contributed by atoms with Crippen LogP contribution >= 0.6 is 11.6 Å². The van der Waals surface area contributed by atoms with Crippen molar-refractivity contribution in [3.8, 4) is 0 Å². The van der Waals surface area contributed by atoms with Crippen LogP contribution in [0.15, 0.2) is 48.5 Å². The van der Waals surface area contributed by atoms with Crippen LogP contribution in [0.3, 0.4) is 0 Å². The van der Waals surface area contributed by atoms with Gasteiger partial charge in [-0.15, -0.1) is 0 Å². The molecule has 0 heterocycles. The molecule has 0 fully saturated rings. The van der Waals surface area contributed by atoms with Crippen LogP contribution in [0.1, 0.15) is 51.7 Å². The lowest BCUT2D eigenvalue weighted by Gasteiger charge is -2.32. The molecule has 1 atom stereocenters. The highest BCUT2D eigenvalue weighted by atomic mass is 35.5. The number of benzene rings is 2. The second-order valence-corrected chi connectivity index (χ2v) is 11.3. The van der Waals surface area contributed by atoms with E-state index in [0.717, 1.165) is 21.7 Å². The van der Waals surface area contributed by atoms with E-state index < -0.39 is 28.5 Å². The van der Waals surface area contributed by atoms with Crippen LogP contribution < -0.4 is 9.62 Å². The first kappa shape index (κ1) is 27.7. The first-order valence-corrected chi connectivity index (χ1v) is 13.4. The number of carbonyl (C=O) groups excluding carboxylic acids is 2. The zero-order valence-corrected chi connectivity index (χ0v) is 22.2. The summed E-state index contributed by atoms with van der Waals surface area (Å²) in [6.45, 7) is 9.06. The van der Waals surface area contributed by atoms with Gasteiger partial charge in [0.1, 0.15) is 12.6 Å². The lowest BCUT2D eigenvalue weighted by Crippen LogP contribution is -2.52. The van der Waals surface area contributed by atoms with Gasteiger partial charge < -0.3 is 10.2 Å². The summed E-state index contributed by atoms with van der Waals surface area (Å²) in [6, 6.07) is 13.2. The number of amides is 2. The SMILES string of the molecule is CC(C)NC(=O)[C@H](C)N(Cc1cccc(Cl)c1)C(=O)CN(c1ccc(C(C)C)cc1)S(C)(=O)=O. The van der Waals surface area contributed by atoms with E-state index in [0.29, 0.717) is 10.7 Å². The van der Waals surface area contributed by atoms with Gasteiger partial charge in [0.25, 0.3) is 0 Å². The minimum Gasteiger partial charge on any atom is -0.352 e. The second-order valence-electron chi connectivity index (χ2n) is 9.01. The molecule has 0 aliphatic heterocycles. The Morgan fingerprint density at radius 3 is 2.12 bits per heavy atom. The minimum atomic E-state index is -3.76. The fourth-order valence-corrected chi connectivity index (χ4v) is 4.52. The first-order chi connectivity index (χ1) is 15.8. The van der Waals surface area contributed by atoms with Gasteiger partial charge in [0.05, 0.1) is 11.9 Å². The first-order valence-electron chi connectivity index (χ1n) is 11.2. The van der Waals surface area contributed by atoms with E-state index in [9.17, 15) is 18.0 Å². The molecule has 9 heteroatoms. The van der Waals surface area contributed by atoms with Gasteiger partial charge in [-0.25, -0.2) is 8.42 Å². The molecule has 2 aromatic carbocycles. The van der Waals surface area contributed by atoms with Crippen molar-refractivity contribution in [1.82, 2.24) is 10.2 Å². The molecule has 2 rings (SSSR count). The zero-order chi connectivity index (χ0) is 25.6. The number of nitrogens with one attached hydrogen (secondary N) is 1.